The van der Waals surface area contributed by atoms with Crippen LogP contribution in [0.25, 0.3) is 0 Å². The second kappa shape index (κ2) is 3.62. The normalized spacial score (nSPS) is 33.9. The Morgan fingerprint density at radius 1 is 0.929 bits per heavy atom. The van der Waals surface area contributed by atoms with Crippen LogP contribution >= 0.6 is 12.6 Å². The standard InChI is InChI=1S/C13H20S/c1-10-8-12(3,4)6-7-13(5,14)9-11(10)2/h6-9,14H,1-5H3/b7-6-,10-8?,11-9?. The van der Waals surface area contributed by atoms with Gasteiger partial charge in [0.15, 0.2) is 0 Å². The predicted molar refractivity (Wildman–Crippen MR) is 67.8 cm³/mol. The molecule has 1 atom stereocenters. The van der Waals surface area contributed by atoms with Gasteiger partial charge in [-0.05, 0) is 20.8 Å². The zero-order valence-electron chi connectivity index (χ0n) is 9.76. The van der Waals surface area contributed by atoms with Crippen molar-refractivity contribution in [1.82, 2.24) is 0 Å². The second-order valence-electron chi connectivity index (χ2n) is 5.04. The zero-order valence-corrected chi connectivity index (χ0v) is 10.7. The SMILES string of the molecule is CC1=CC(C)(C)/C=C\C(C)(S)C=C1C. The van der Waals surface area contributed by atoms with Crippen LogP contribution in [0.4, 0.5) is 0 Å². The van der Waals surface area contributed by atoms with E-state index in [2.05, 4.69) is 71.6 Å². The van der Waals surface area contributed by atoms with E-state index >= 15 is 0 Å². The van der Waals surface area contributed by atoms with Gasteiger partial charge in [0.2, 0.25) is 0 Å². The van der Waals surface area contributed by atoms with Gasteiger partial charge in [-0.2, -0.15) is 12.6 Å². The Bertz CT molecular complexity index is 282. The smallest absolute Gasteiger partial charge is 0.0466 e. The maximum Gasteiger partial charge on any atom is 0.0466 e. The summed E-state index contributed by atoms with van der Waals surface area (Å²) in [6.45, 7) is 10.9. The van der Waals surface area contributed by atoms with Gasteiger partial charge in [-0.15, -0.1) is 0 Å². The van der Waals surface area contributed by atoms with Crippen molar-refractivity contribution in [3.8, 4) is 0 Å². The van der Waals surface area contributed by atoms with Crippen LogP contribution < -0.4 is 0 Å². The fourth-order valence-electron chi connectivity index (χ4n) is 1.70. The summed E-state index contributed by atoms with van der Waals surface area (Å²) in [5, 5.41) is 0. The van der Waals surface area contributed by atoms with Gasteiger partial charge in [0, 0.05) is 10.2 Å². The molecule has 0 saturated carbocycles. The molecule has 0 aromatic carbocycles. The third-order valence-corrected chi connectivity index (χ3v) is 2.85. The molecule has 0 aliphatic heterocycles. The van der Waals surface area contributed by atoms with E-state index in [0.29, 0.717) is 0 Å². The van der Waals surface area contributed by atoms with E-state index in [0.717, 1.165) is 0 Å². The minimum Gasteiger partial charge on any atom is -0.164 e. The van der Waals surface area contributed by atoms with Crippen molar-refractivity contribution in [2.45, 2.75) is 39.4 Å². The molecule has 78 valence electrons. The largest absolute Gasteiger partial charge is 0.164 e. The highest BCUT2D eigenvalue weighted by Crippen LogP contribution is 2.31. The van der Waals surface area contributed by atoms with Crippen LogP contribution in [-0.4, -0.2) is 4.75 Å². The predicted octanol–water partition coefficient (Wildman–Crippen LogP) is 4.16. The van der Waals surface area contributed by atoms with Crippen molar-refractivity contribution < 1.29 is 0 Å². The molecule has 0 saturated heterocycles. The molecule has 1 unspecified atom stereocenters. The lowest BCUT2D eigenvalue weighted by Gasteiger charge is -2.24. The molecular formula is C13H20S. The minimum atomic E-state index is -0.128. The third-order valence-electron chi connectivity index (χ3n) is 2.57. The lowest BCUT2D eigenvalue weighted by Crippen LogP contribution is -2.15. The third kappa shape index (κ3) is 3.06. The molecule has 0 spiro atoms. The summed E-state index contributed by atoms with van der Waals surface area (Å²) in [7, 11) is 0. The first kappa shape index (κ1) is 11.6. The summed E-state index contributed by atoms with van der Waals surface area (Å²) >= 11 is 4.62. The van der Waals surface area contributed by atoms with E-state index in [-0.39, 0.29) is 10.2 Å². The van der Waals surface area contributed by atoms with Crippen molar-refractivity contribution in [2.75, 3.05) is 0 Å². The summed E-state index contributed by atoms with van der Waals surface area (Å²) in [4.78, 5) is 0. The molecule has 14 heavy (non-hydrogen) atoms. The molecule has 1 aliphatic carbocycles. The molecule has 1 aliphatic rings. The number of hydrogen-bond acceptors (Lipinski definition) is 1. The molecule has 0 nitrogen and oxygen atoms in total. The fourth-order valence-corrected chi connectivity index (χ4v) is 1.97. The van der Waals surface area contributed by atoms with Crippen molar-refractivity contribution in [1.29, 1.82) is 0 Å². The molecule has 0 bridgehead atoms. The Hall–Kier alpha value is -0.430. The Morgan fingerprint density at radius 3 is 2.00 bits per heavy atom. The molecule has 0 aromatic rings. The summed E-state index contributed by atoms with van der Waals surface area (Å²) < 4.78 is -0.128. The fraction of sp³-hybridized carbons (Fsp3) is 0.538. The average molecular weight is 208 g/mol. The highest BCUT2D eigenvalue weighted by atomic mass is 32.1. The molecule has 1 heteroatoms. The summed E-state index contributed by atoms with van der Waals surface area (Å²) in [6, 6.07) is 0. The van der Waals surface area contributed by atoms with Crippen LogP contribution in [-0.2, 0) is 0 Å². The van der Waals surface area contributed by atoms with Gasteiger partial charge in [0.05, 0.1) is 0 Å². The van der Waals surface area contributed by atoms with Crippen molar-refractivity contribution in [2.24, 2.45) is 5.41 Å². The summed E-state index contributed by atoms with van der Waals surface area (Å²) in [6.07, 6.45) is 8.90. The Morgan fingerprint density at radius 2 is 1.43 bits per heavy atom. The lowest BCUT2D eigenvalue weighted by atomic mass is 9.85. The lowest BCUT2D eigenvalue weighted by molar-refractivity contribution is 0.615. The van der Waals surface area contributed by atoms with Gasteiger partial charge in [-0.3, -0.25) is 0 Å². The van der Waals surface area contributed by atoms with E-state index in [9.17, 15) is 0 Å². The van der Waals surface area contributed by atoms with Crippen LogP contribution in [0, 0.1) is 5.41 Å². The number of rotatable bonds is 0. The monoisotopic (exact) mass is 208 g/mol. The highest BCUT2D eigenvalue weighted by Gasteiger charge is 2.19. The van der Waals surface area contributed by atoms with E-state index in [4.69, 9.17) is 0 Å². The van der Waals surface area contributed by atoms with E-state index < -0.39 is 0 Å². The van der Waals surface area contributed by atoms with Gasteiger partial charge in [-0.25, -0.2) is 0 Å². The average Bonchev–Trinajstić information content (AvgIpc) is 1.98. The molecule has 0 N–H and O–H groups in total. The zero-order chi connectivity index (χ0) is 11.0. The topological polar surface area (TPSA) is 0 Å². The van der Waals surface area contributed by atoms with Crippen molar-refractivity contribution >= 4 is 12.6 Å². The van der Waals surface area contributed by atoms with E-state index in [1.807, 2.05) is 0 Å². The van der Waals surface area contributed by atoms with Crippen LogP contribution in [0.3, 0.4) is 0 Å². The molecule has 0 aromatic heterocycles. The van der Waals surface area contributed by atoms with Gasteiger partial charge >= 0.3 is 0 Å². The number of thiol groups is 1. The molecule has 0 fully saturated rings. The van der Waals surface area contributed by atoms with E-state index in [1.54, 1.807) is 0 Å². The van der Waals surface area contributed by atoms with Gasteiger partial charge in [0.1, 0.15) is 0 Å². The second-order valence-corrected chi connectivity index (χ2v) is 6.00. The van der Waals surface area contributed by atoms with Gasteiger partial charge in [-0.1, -0.05) is 49.3 Å². The first-order valence-electron chi connectivity index (χ1n) is 5.04. The summed E-state index contributed by atoms with van der Waals surface area (Å²) in [5.74, 6) is 0. The van der Waals surface area contributed by atoms with Crippen LogP contribution in [0.2, 0.25) is 0 Å². The molecule has 0 heterocycles. The maximum absolute atomic E-state index is 4.62. The van der Waals surface area contributed by atoms with Crippen molar-refractivity contribution in [3.05, 3.63) is 35.5 Å². The highest BCUT2D eigenvalue weighted by molar-refractivity contribution is 7.82. The molecule has 0 amide bonds. The maximum atomic E-state index is 4.62. The summed E-state index contributed by atoms with van der Waals surface area (Å²) in [5.41, 5.74) is 2.79. The van der Waals surface area contributed by atoms with Gasteiger partial charge < -0.3 is 0 Å². The van der Waals surface area contributed by atoms with Crippen LogP contribution in [0.5, 0.6) is 0 Å². The van der Waals surface area contributed by atoms with Crippen LogP contribution in [0.15, 0.2) is 35.5 Å². The van der Waals surface area contributed by atoms with Crippen molar-refractivity contribution in [3.63, 3.8) is 0 Å². The Balaban J connectivity index is 3.24. The Labute approximate surface area is 93.2 Å². The Kier molecular flexibility index (Phi) is 3.01. The molecular weight excluding hydrogens is 188 g/mol. The quantitative estimate of drug-likeness (QED) is 0.448. The number of hydrogen-bond donors (Lipinski definition) is 1. The minimum absolute atomic E-state index is 0.128. The molecule has 1 rings (SSSR count). The number of allylic oxidation sites excluding steroid dienone is 4. The first-order valence-corrected chi connectivity index (χ1v) is 5.49. The van der Waals surface area contributed by atoms with E-state index in [1.165, 1.54) is 11.1 Å². The van der Waals surface area contributed by atoms with Crippen LogP contribution in [0.1, 0.15) is 34.6 Å². The first-order chi connectivity index (χ1) is 6.22. The molecule has 0 radical (unpaired) electrons. The van der Waals surface area contributed by atoms with Gasteiger partial charge in [0.25, 0.3) is 0 Å².